The molecule has 0 fully saturated rings. The van der Waals surface area contributed by atoms with Crippen LogP contribution in [-0.2, 0) is 6.54 Å². The van der Waals surface area contributed by atoms with Crippen LogP contribution in [0.25, 0.3) is 10.8 Å². The lowest BCUT2D eigenvalue weighted by atomic mass is 10.0. The van der Waals surface area contributed by atoms with Gasteiger partial charge in [-0.3, -0.25) is 0 Å². The molecule has 112 valence electrons. The van der Waals surface area contributed by atoms with Crippen molar-refractivity contribution in [3.63, 3.8) is 0 Å². The van der Waals surface area contributed by atoms with Crippen molar-refractivity contribution in [1.82, 2.24) is 5.32 Å². The average Bonchev–Trinajstić information content (AvgIpc) is 2.57. The SMILES string of the molecule is FCC(NCc1cccc2ccccc12)c1ccc(Br)cc1. The molecule has 1 unspecified atom stereocenters. The molecule has 3 heteroatoms. The number of nitrogens with one attached hydrogen (secondary N) is 1. The molecule has 1 nitrogen and oxygen atoms in total. The topological polar surface area (TPSA) is 12.0 Å². The van der Waals surface area contributed by atoms with Gasteiger partial charge in [0.15, 0.2) is 0 Å². The molecular weight excluding hydrogens is 341 g/mol. The van der Waals surface area contributed by atoms with E-state index in [4.69, 9.17) is 0 Å². The fourth-order valence-corrected chi connectivity index (χ4v) is 2.90. The number of alkyl halides is 1. The number of rotatable bonds is 5. The molecule has 3 aromatic rings. The summed E-state index contributed by atoms with van der Waals surface area (Å²) in [5, 5.41) is 5.75. The van der Waals surface area contributed by atoms with Crippen molar-refractivity contribution in [2.24, 2.45) is 0 Å². The maximum Gasteiger partial charge on any atom is 0.109 e. The van der Waals surface area contributed by atoms with Gasteiger partial charge in [0.05, 0.1) is 6.04 Å². The number of hydrogen-bond donors (Lipinski definition) is 1. The molecule has 0 radical (unpaired) electrons. The van der Waals surface area contributed by atoms with Crippen LogP contribution in [0.15, 0.2) is 71.2 Å². The highest BCUT2D eigenvalue weighted by Crippen LogP contribution is 2.21. The summed E-state index contributed by atoms with van der Waals surface area (Å²) in [4.78, 5) is 0. The summed E-state index contributed by atoms with van der Waals surface area (Å²) in [5.41, 5.74) is 2.15. The predicted molar refractivity (Wildman–Crippen MR) is 93.6 cm³/mol. The molecule has 1 N–H and O–H groups in total. The van der Waals surface area contributed by atoms with Crippen molar-refractivity contribution in [1.29, 1.82) is 0 Å². The maximum absolute atomic E-state index is 13.4. The highest BCUT2D eigenvalue weighted by atomic mass is 79.9. The van der Waals surface area contributed by atoms with Gasteiger partial charge in [-0.1, -0.05) is 70.5 Å². The second-order valence-electron chi connectivity index (χ2n) is 5.28. The fraction of sp³-hybridized carbons (Fsp3) is 0.158. The number of fused-ring (bicyclic) bond motifs is 1. The summed E-state index contributed by atoms with van der Waals surface area (Å²) in [5.74, 6) is 0. The van der Waals surface area contributed by atoms with Crippen molar-refractivity contribution in [2.45, 2.75) is 12.6 Å². The Morgan fingerprint density at radius 3 is 2.41 bits per heavy atom. The predicted octanol–water partition coefficient (Wildman–Crippen LogP) is 5.40. The van der Waals surface area contributed by atoms with Gasteiger partial charge < -0.3 is 5.32 Å². The van der Waals surface area contributed by atoms with Crippen molar-refractivity contribution in [3.8, 4) is 0 Å². The maximum atomic E-state index is 13.4. The van der Waals surface area contributed by atoms with Gasteiger partial charge in [0.1, 0.15) is 6.67 Å². The van der Waals surface area contributed by atoms with E-state index < -0.39 is 6.67 Å². The van der Waals surface area contributed by atoms with Gasteiger partial charge in [0, 0.05) is 11.0 Å². The molecule has 0 spiro atoms. The highest BCUT2D eigenvalue weighted by molar-refractivity contribution is 9.10. The second-order valence-corrected chi connectivity index (χ2v) is 6.19. The molecule has 0 bridgehead atoms. The van der Waals surface area contributed by atoms with Crippen molar-refractivity contribution < 1.29 is 4.39 Å². The Morgan fingerprint density at radius 1 is 0.909 bits per heavy atom. The smallest absolute Gasteiger partial charge is 0.109 e. The first-order valence-corrected chi connectivity index (χ1v) is 8.08. The Balaban J connectivity index is 1.78. The van der Waals surface area contributed by atoms with Gasteiger partial charge in [-0.2, -0.15) is 0 Å². The fourth-order valence-electron chi connectivity index (χ4n) is 2.64. The van der Waals surface area contributed by atoms with E-state index >= 15 is 0 Å². The molecule has 0 saturated carbocycles. The van der Waals surface area contributed by atoms with Gasteiger partial charge in [0.25, 0.3) is 0 Å². The van der Waals surface area contributed by atoms with Crippen LogP contribution >= 0.6 is 15.9 Å². The van der Waals surface area contributed by atoms with E-state index in [9.17, 15) is 4.39 Å². The van der Waals surface area contributed by atoms with Gasteiger partial charge in [-0.25, -0.2) is 4.39 Å². The van der Waals surface area contributed by atoms with Crippen molar-refractivity contribution in [3.05, 3.63) is 82.3 Å². The van der Waals surface area contributed by atoms with Crippen LogP contribution in [0.5, 0.6) is 0 Å². The van der Waals surface area contributed by atoms with Crippen molar-refractivity contribution >= 4 is 26.7 Å². The average molecular weight is 358 g/mol. The quantitative estimate of drug-likeness (QED) is 0.644. The van der Waals surface area contributed by atoms with Crippen LogP contribution in [0.4, 0.5) is 4.39 Å². The highest BCUT2D eigenvalue weighted by Gasteiger charge is 2.11. The summed E-state index contributed by atoms with van der Waals surface area (Å²) in [7, 11) is 0. The molecule has 0 aliphatic heterocycles. The second kappa shape index (κ2) is 7.03. The van der Waals surface area contributed by atoms with E-state index in [-0.39, 0.29) is 6.04 Å². The van der Waals surface area contributed by atoms with Crippen LogP contribution in [0, 0.1) is 0 Å². The molecule has 3 aromatic carbocycles. The first kappa shape index (κ1) is 15.2. The number of benzene rings is 3. The van der Waals surface area contributed by atoms with Gasteiger partial charge in [0.2, 0.25) is 0 Å². The van der Waals surface area contributed by atoms with Gasteiger partial charge in [-0.15, -0.1) is 0 Å². The molecule has 0 amide bonds. The largest absolute Gasteiger partial charge is 0.304 e. The normalized spacial score (nSPS) is 12.5. The number of hydrogen-bond acceptors (Lipinski definition) is 1. The zero-order valence-corrected chi connectivity index (χ0v) is 13.7. The minimum atomic E-state index is -0.424. The standard InChI is InChI=1S/C19H17BrFN/c20-17-10-8-15(9-11-17)19(12-21)22-13-16-6-3-5-14-4-1-2-7-18(14)16/h1-11,19,22H,12-13H2. The summed E-state index contributed by atoms with van der Waals surface area (Å²) < 4.78 is 14.4. The molecule has 0 aliphatic rings. The zero-order valence-electron chi connectivity index (χ0n) is 12.1. The molecule has 0 aliphatic carbocycles. The molecule has 0 saturated heterocycles. The van der Waals surface area contributed by atoms with E-state index in [1.54, 1.807) is 0 Å². The van der Waals surface area contributed by atoms with Gasteiger partial charge in [-0.05, 0) is 34.0 Å². The summed E-state index contributed by atoms with van der Waals surface area (Å²) in [6.45, 7) is 0.221. The minimum Gasteiger partial charge on any atom is -0.304 e. The third-order valence-electron chi connectivity index (χ3n) is 3.85. The lowest BCUT2D eigenvalue weighted by Gasteiger charge is -2.17. The first-order chi connectivity index (χ1) is 10.8. The minimum absolute atomic E-state index is 0.285. The molecule has 1 atom stereocenters. The Hall–Kier alpha value is -1.71. The van der Waals surface area contributed by atoms with E-state index in [0.29, 0.717) is 6.54 Å². The molecule has 3 rings (SSSR count). The van der Waals surface area contributed by atoms with Crippen LogP contribution in [0.2, 0.25) is 0 Å². The molecule has 0 heterocycles. The lowest BCUT2D eigenvalue weighted by molar-refractivity contribution is 0.381. The Morgan fingerprint density at radius 2 is 1.64 bits per heavy atom. The monoisotopic (exact) mass is 357 g/mol. The Kier molecular flexibility index (Phi) is 4.86. The third kappa shape index (κ3) is 3.37. The summed E-state index contributed by atoms with van der Waals surface area (Å²) in [6.07, 6.45) is 0. The van der Waals surface area contributed by atoms with E-state index in [1.165, 1.54) is 16.3 Å². The summed E-state index contributed by atoms with van der Waals surface area (Å²) in [6, 6.07) is 22.0. The van der Waals surface area contributed by atoms with E-state index in [2.05, 4.69) is 45.5 Å². The first-order valence-electron chi connectivity index (χ1n) is 7.29. The van der Waals surface area contributed by atoms with Crippen molar-refractivity contribution in [2.75, 3.05) is 6.67 Å². The molecular formula is C19H17BrFN. The lowest BCUT2D eigenvalue weighted by Crippen LogP contribution is -2.22. The van der Waals surface area contributed by atoms with Crippen LogP contribution in [0.1, 0.15) is 17.2 Å². The van der Waals surface area contributed by atoms with Crippen LogP contribution in [-0.4, -0.2) is 6.67 Å². The van der Waals surface area contributed by atoms with Crippen LogP contribution in [0.3, 0.4) is 0 Å². The third-order valence-corrected chi connectivity index (χ3v) is 4.37. The number of halogens is 2. The Labute approximate surface area is 138 Å². The van der Waals surface area contributed by atoms with Gasteiger partial charge >= 0.3 is 0 Å². The molecule has 22 heavy (non-hydrogen) atoms. The summed E-state index contributed by atoms with van der Waals surface area (Å²) >= 11 is 3.41. The Bertz CT molecular complexity index is 749. The van der Waals surface area contributed by atoms with E-state index in [0.717, 1.165) is 10.0 Å². The zero-order chi connectivity index (χ0) is 15.4. The van der Waals surface area contributed by atoms with E-state index in [1.807, 2.05) is 42.5 Å². The molecule has 0 aromatic heterocycles. The van der Waals surface area contributed by atoms with Crippen LogP contribution < -0.4 is 5.32 Å².